The van der Waals surface area contributed by atoms with Gasteiger partial charge in [0.05, 0.1) is 30.0 Å². The van der Waals surface area contributed by atoms with Crippen LogP contribution in [0.5, 0.6) is 11.5 Å². The monoisotopic (exact) mass is 1120 g/mol. The fourth-order valence-electron chi connectivity index (χ4n) is 9.74. The number of nitrogens with zero attached hydrogens (tertiary/aromatic N) is 4. The molecule has 8 aromatic rings. The Kier molecular flexibility index (Phi) is 21.2. The number of allylic oxidation sites excluding steroid dienone is 4. The van der Waals surface area contributed by atoms with Crippen LogP contribution in [0.15, 0.2) is 182 Å². The van der Waals surface area contributed by atoms with Crippen molar-refractivity contribution >= 4 is 71.8 Å². The molecule has 408 valence electrons. The minimum atomic E-state index is 0.0226. The average molecular weight is 1120 g/mol. The Balaban J connectivity index is 0.000000183. The lowest BCUT2D eigenvalue weighted by atomic mass is 9.73. The fraction of sp³-hybridized carbons (Fsp3) is 0.284. The molecule has 2 aromatic heterocycles. The molecule has 79 heavy (non-hydrogen) atoms. The molecule has 11 nitrogen and oxygen atoms in total. The van der Waals surface area contributed by atoms with Gasteiger partial charge in [0.25, 0.3) is 0 Å². The number of unbranched alkanes of at least 4 members (excludes halogenated alkanes) is 2. The van der Waals surface area contributed by atoms with E-state index in [1.54, 1.807) is 45.2 Å². The number of halogens is 1. The Morgan fingerprint density at radius 2 is 0.987 bits per heavy atom. The van der Waals surface area contributed by atoms with E-state index in [4.69, 9.17) is 15.2 Å². The van der Waals surface area contributed by atoms with E-state index < -0.39 is 0 Å². The molecule has 4 N–H and O–H groups in total. The highest BCUT2D eigenvalue weighted by Crippen LogP contribution is 2.47. The lowest BCUT2D eigenvalue weighted by Gasteiger charge is -2.31. The van der Waals surface area contributed by atoms with Gasteiger partial charge < -0.3 is 25.0 Å². The van der Waals surface area contributed by atoms with Crippen molar-refractivity contribution in [2.24, 2.45) is 17.6 Å². The molecule has 2 saturated carbocycles. The average Bonchev–Trinajstić information content (AvgIpc) is 4.16. The largest absolute Gasteiger partial charge is 0.494 e. The van der Waals surface area contributed by atoms with E-state index in [2.05, 4.69) is 170 Å². The van der Waals surface area contributed by atoms with E-state index in [9.17, 15) is 9.59 Å². The van der Waals surface area contributed by atoms with Gasteiger partial charge in [0.2, 0.25) is 11.8 Å². The van der Waals surface area contributed by atoms with E-state index in [-0.39, 0.29) is 11.8 Å². The minimum absolute atomic E-state index is 0.0226. The number of H-pyrrole nitrogens is 2. The maximum Gasteiger partial charge on any atom is 0.245 e. The van der Waals surface area contributed by atoms with Crippen molar-refractivity contribution in [2.75, 3.05) is 53.3 Å². The molecule has 2 aliphatic rings. The fourth-order valence-corrected chi connectivity index (χ4v) is 9.93. The number of aromatic nitrogens is 4. The number of nitrogens with two attached hydrogens (primary N) is 1. The maximum atomic E-state index is 11.6. The summed E-state index contributed by atoms with van der Waals surface area (Å²) in [5.74, 6) is 2.91. The molecule has 0 unspecified atom stereocenters. The van der Waals surface area contributed by atoms with Gasteiger partial charge in [-0.15, -0.1) is 0 Å². The van der Waals surface area contributed by atoms with E-state index >= 15 is 0 Å². The summed E-state index contributed by atoms with van der Waals surface area (Å²) >= 11 is 3.17. The van der Waals surface area contributed by atoms with Crippen LogP contribution in [0.4, 0.5) is 0 Å². The Bertz CT molecular complexity index is 3330. The summed E-state index contributed by atoms with van der Waals surface area (Å²) < 4.78 is 11.8. The van der Waals surface area contributed by atoms with Crippen molar-refractivity contribution in [1.82, 2.24) is 30.2 Å². The zero-order chi connectivity index (χ0) is 55.3. The predicted molar refractivity (Wildman–Crippen MR) is 328 cm³/mol. The molecular formula is C67H74BrN7O4. The second kappa shape index (κ2) is 29.3. The highest BCUT2D eigenvalue weighted by Gasteiger charge is 2.29. The van der Waals surface area contributed by atoms with E-state index in [1.807, 2.05) is 30.6 Å². The van der Waals surface area contributed by atoms with Crippen LogP contribution in [-0.4, -0.2) is 95.3 Å². The lowest BCUT2D eigenvalue weighted by molar-refractivity contribution is -0.124. The first kappa shape index (κ1) is 57.4. The number of nitrogens with one attached hydrogen (secondary N) is 2. The standard InChI is InChI=1S/C34H37N3O2.C27H27N3O.C6H10BrNO/c1-37(2)32(38)15-8-3-4-9-22-39-30-19-16-27(17-20-30)34(28-18-21-31-29(23-28)24-35-36-31)33(26-13-10-14-26)25-11-6-5-7-12-25;28-15-16-31-24-12-9-21(10-13-24)27(22-11-14-25-23(17-22)18-29-30-25)26(20-7-4-8-20)19-5-2-1-3-6-19;1-8(2)6(9)4-3-5-7/h5-8,11-12,15-21,23-24,26H,3-4,9-10,13-14,22H2,1-2H3,(H,35,36);1-3,5-6,9-14,17-18,20H,4,7-8,15-16,28H2,(H,29,30);3-4H,5H2,1-2H3/b15-8+,34-33-;27-26-;4-3+. The second-order valence-electron chi connectivity index (χ2n) is 20.4. The quantitative estimate of drug-likeness (QED) is 0.0298. The number of ether oxygens (including phenoxy) is 2. The van der Waals surface area contributed by atoms with E-state index in [1.165, 1.54) is 105 Å². The minimum Gasteiger partial charge on any atom is -0.494 e. The molecule has 12 heteroatoms. The van der Waals surface area contributed by atoms with E-state index in [0.29, 0.717) is 31.6 Å². The Hall–Kier alpha value is -7.80. The number of rotatable bonds is 20. The molecule has 0 aliphatic heterocycles. The number of benzene rings is 6. The van der Waals surface area contributed by atoms with Crippen LogP contribution in [-0.2, 0) is 9.59 Å². The first-order chi connectivity index (χ1) is 38.6. The Morgan fingerprint density at radius 1 is 0.557 bits per heavy atom. The molecule has 0 spiro atoms. The molecule has 2 aliphatic carbocycles. The van der Waals surface area contributed by atoms with Crippen LogP contribution in [0.25, 0.3) is 44.1 Å². The summed E-state index contributed by atoms with van der Waals surface area (Å²) in [6.45, 7) is 1.69. The summed E-state index contributed by atoms with van der Waals surface area (Å²) in [5, 5.41) is 17.6. The van der Waals surface area contributed by atoms with Gasteiger partial charge >= 0.3 is 0 Å². The highest BCUT2D eigenvalue weighted by atomic mass is 79.9. The number of alkyl halides is 1. The van der Waals surface area contributed by atoms with Crippen LogP contribution in [0, 0.1) is 11.8 Å². The van der Waals surface area contributed by atoms with Gasteiger partial charge in [-0.1, -0.05) is 138 Å². The third kappa shape index (κ3) is 15.7. The first-order valence-corrected chi connectivity index (χ1v) is 28.7. The van der Waals surface area contributed by atoms with Gasteiger partial charge in [-0.3, -0.25) is 19.8 Å². The highest BCUT2D eigenvalue weighted by molar-refractivity contribution is 9.09. The van der Waals surface area contributed by atoms with Crippen molar-refractivity contribution in [3.05, 3.63) is 216 Å². The molecule has 2 fully saturated rings. The topological polar surface area (TPSA) is 142 Å². The predicted octanol–water partition coefficient (Wildman–Crippen LogP) is 14.2. The molecule has 10 rings (SSSR count). The van der Waals surface area contributed by atoms with E-state index in [0.717, 1.165) is 57.9 Å². The Morgan fingerprint density at radius 3 is 1.39 bits per heavy atom. The molecule has 2 heterocycles. The SMILES string of the molecule is CN(C)C(=O)/C=C/CBr.CN(C)C(=O)/C=C/CCCCOc1ccc(/C(=C(\c2ccccc2)C2CCC2)c2ccc3[nH]ncc3c2)cc1.NCCOc1ccc(/C(=C(\c2ccccc2)C2CCC2)c2ccc3[nH]ncc3c2)cc1. The number of carbonyl (C=O) groups is 2. The van der Waals surface area contributed by atoms with Crippen LogP contribution < -0.4 is 15.2 Å². The van der Waals surface area contributed by atoms with Crippen LogP contribution in [0.1, 0.15) is 91.2 Å². The summed E-state index contributed by atoms with van der Waals surface area (Å²) in [7, 11) is 6.97. The molecule has 2 amide bonds. The number of hydrogen-bond acceptors (Lipinski definition) is 7. The number of amides is 2. The number of aromatic amines is 2. The van der Waals surface area contributed by atoms with Gasteiger partial charge in [0, 0.05) is 50.8 Å². The Labute approximate surface area is 474 Å². The number of fused-ring (bicyclic) bond motifs is 2. The van der Waals surface area contributed by atoms with Crippen LogP contribution in [0.3, 0.4) is 0 Å². The molecule has 0 bridgehead atoms. The van der Waals surface area contributed by atoms with Gasteiger partial charge in [0.15, 0.2) is 0 Å². The first-order valence-electron chi connectivity index (χ1n) is 27.6. The molecule has 0 saturated heterocycles. The van der Waals surface area contributed by atoms with Crippen molar-refractivity contribution in [3.63, 3.8) is 0 Å². The van der Waals surface area contributed by atoms with Crippen LogP contribution >= 0.6 is 15.9 Å². The normalized spacial score (nSPS) is 14.1. The number of hydrogen-bond donors (Lipinski definition) is 3. The summed E-state index contributed by atoms with van der Waals surface area (Å²) in [6, 6.07) is 51.8. The maximum absolute atomic E-state index is 11.6. The third-order valence-corrected chi connectivity index (χ3v) is 14.8. The molecular weight excluding hydrogens is 1050 g/mol. The lowest BCUT2D eigenvalue weighted by Crippen LogP contribution is -2.18. The van der Waals surface area contributed by atoms with Gasteiger partial charge in [0.1, 0.15) is 18.1 Å². The molecule has 0 atom stereocenters. The molecule has 6 aromatic carbocycles. The molecule has 0 radical (unpaired) electrons. The zero-order valence-electron chi connectivity index (χ0n) is 46.0. The summed E-state index contributed by atoms with van der Waals surface area (Å²) in [4.78, 5) is 25.4. The van der Waals surface area contributed by atoms with Crippen molar-refractivity contribution in [3.8, 4) is 11.5 Å². The van der Waals surface area contributed by atoms with Gasteiger partial charge in [-0.25, -0.2) is 0 Å². The summed E-state index contributed by atoms with van der Waals surface area (Å²) in [6.07, 6.45) is 21.0. The number of likely N-dealkylation sites (N-methyl/N-ethyl adjacent to an activating group) is 2. The van der Waals surface area contributed by atoms with Crippen molar-refractivity contribution in [2.45, 2.75) is 57.8 Å². The third-order valence-electron chi connectivity index (χ3n) is 14.4. The number of carbonyl (C=O) groups excluding carboxylic acids is 2. The second-order valence-corrected chi connectivity index (χ2v) is 21.0. The van der Waals surface area contributed by atoms with Gasteiger partial charge in [-0.2, -0.15) is 10.2 Å². The van der Waals surface area contributed by atoms with Crippen molar-refractivity contribution in [1.29, 1.82) is 0 Å². The van der Waals surface area contributed by atoms with Gasteiger partial charge in [-0.05, 0) is 173 Å². The smallest absolute Gasteiger partial charge is 0.245 e. The van der Waals surface area contributed by atoms with Crippen LogP contribution in [0.2, 0.25) is 0 Å². The van der Waals surface area contributed by atoms with Crippen molar-refractivity contribution < 1.29 is 19.1 Å². The summed E-state index contributed by atoms with van der Waals surface area (Å²) in [5.41, 5.74) is 20.6. The zero-order valence-corrected chi connectivity index (χ0v) is 47.6.